The van der Waals surface area contributed by atoms with E-state index in [4.69, 9.17) is 10.5 Å². The van der Waals surface area contributed by atoms with Gasteiger partial charge in [0.15, 0.2) is 5.96 Å². The zero-order valence-corrected chi connectivity index (χ0v) is 12.6. The van der Waals surface area contributed by atoms with E-state index in [0.717, 1.165) is 24.6 Å². The van der Waals surface area contributed by atoms with Crippen LogP contribution in [0.25, 0.3) is 0 Å². The molecular weight excluding hydrogens is 363 g/mol. The van der Waals surface area contributed by atoms with Crippen LogP contribution in [0.15, 0.2) is 4.99 Å². The standard InChI is InChI=1S/C9H17F2N3OS.HI/c10-8(11)7-15-4-1-13-9(12)14-2-5-16-6-3-14;/h8H,1-7H2,(H2,12,13);1H. The maximum Gasteiger partial charge on any atom is 0.261 e. The van der Waals surface area contributed by atoms with Crippen LogP contribution in [0.1, 0.15) is 0 Å². The third-order valence-corrected chi connectivity index (χ3v) is 3.03. The molecule has 0 aromatic heterocycles. The Labute approximate surface area is 121 Å². The summed E-state index contributed by atoms with van der Waals surface area (Å²) in [5.74, 6) is 2.59. The van der Waals surface area contributed by atoms with Crippen molar-refractivity contribution < 1.29 is 13.5 Å². The van der Waals surface area contributed by atoms with Gasteiger partial charge in [-0.05, 0) is 0 Å². The van der Waals surface area contributed by atoms with Crippen LogP contribution in [0.3, 0.4) is 0 Å². The molecule has 1 heterocycles. The van der Waals surface area contributed by atoms with E-state index in [-0.39, 0.29) is 30.6 Å². The first kappa shape index (κ1) is 17.2. The minimum Gasteiger partial charge on any atom is -0.374 e. The maximum atomic E-state index is 11.7. The monoisotopic (exact) mass is 381 g/mol. The largest absolute Gasteiger partial charge is 0.374 e. The highest BCUT2D eigenvalue weighted by Crippen LogP contribution is 2.08. The zero-order valence-electron chi connectivity index (χ0n) is 9.48. The van der Waals surface area contributed by atoms with Gasteiger partial charge in [-0.2, -0.15) is 11.8 Å². The van der Waals surface area contributed by atoms with Gasteiger partial charge >= 0.3 is 0 Å². The predicted molar refractivity (Wildman–Crippen MR) is 77.6 cm³/mol. The Morgan fingerprint density at radius 1 is 1.41 bits per heavy atom. The topological polar surface area (TPSA) is 50.9 Å². The Morgan fingerprint density at radius 3 is 2.65 bits per heavy atom. The molecule has 1 aliphatic heterocycles. The molecule has 0 amide bonds. The summed E-state index contributed by atoms with van der Waals surface area (Å²) in [7, 11) is 0. The molecular formula is C9H18F2IN3OS. The Balaban J connectivity index is 0.00000256. The van der Waals surface area contributed by atoms with Crippen molar-refractivity contribution in [1.82, 2.24) is 4.90 Å². The van der Waals surface area contributed by atoms with Crippen LogP contribution in [0.4, 0.5) is 8.78 Å². The van der Waals surface area contributed by atoms with E-state index >= 15 is 0 Å². The number of ether oxygens (including phenoxy) is 1. The second-order valence-corrected chi connectivity index (χ2v) is 4.53. The quantitative estimate of drug-likeness (QED) is 0.337. The van der Waals surface area contributed by atoms with E-state index in [2.05, 4.69) is 4.99 Å². The predicted octanol–water partition coefficient (Wildman–Crippen LogP) is 1.25. The first-order valence-electron chi connectivity index (χ1n) is 5.18. The number of halogens is 3. The molecule has 0 aromatic rings. The van der Waals surface area contributed by atoms with Gasteiger partial charge in [-0.3, -0.25) is 4.99 Å². The molecule has 102 valence electrons. The lowest BCUT2D eigenvalue weighted by Gasteiger charge is -2.27. The molecule has 0 bridgehead atoms. The van der Waals surface area contributed by atoms with Crippen molar-refractivity contribution in [3.05, 3.63) is 0 Å². The fourth-order valence-corrected chi connectivity index (χ4v) is 2.19. The van der Waals surface area contributed by atoms with E-state index in [1.54, 1.807) is 0 Å². The lowest BCUT2D eigenvalue weighted by molar-refractivity contribution is 0.0207. The molecule has 1 aliphatic rings. The zero-order chi connectivity index (χ0) is 11.8. The number of hydrogen-bond donors (Lipinski definition) is 1. The lowest BCUT2D eigenvalue weighted by atomic mass is 10.5. The number of nitrogens with two attached hydrogens (primary N) is 1. The van der Waals surface area contributed by atoms with Crippen LogP contribution in [0.5, 0.6) is 0 Å². The molecule has 0 atom stereocenters. The van der Waals surface area contributed by atoms with Crippen molar-refractivity contribution in [1.29, 1.82) is 0 Å². The van der Waals surface area contributed by atoms with E-state index in [9.17, 15) is 8.78 Å². The molecule has 2 N–H and O–H groups in total. The summed E-state index contributed by atoms with van der Waals surface area (Å²) in [5.41, 5.74) is 5.75. The number of alkyl halides is 2. The number of hydrogen-bond acceptors (Lipinski definition) is 3. The van der Waals surface area contributed by atoms with Crippen LogP contribution < -0.4 is 5.73 Å². The summed E-state index contributed by atoms with van der Waals surface area (Å²) in [6.45, 7) is 1.79. The van der Waals surface area contributed by atoms with Gasteiger partial charge in [0.25, 0.3) is 6.43 Å². The minimum absolute atomic E-state index is 0. The Morgan fingerprint density at radius 2 is 2.06 bits per heavy atom. The smallest absolute Gasteiger partial charge is 0.261 e. The summed E-state index contributed by atoms with van der Waals surface area (Å²) in [6.07, 6.45) is -2.42. The van der Waals surface area contributed by atoms with Gasteiger partial charge in [-0.15, -0.1) is 24.0 Å². The number of guanidine groups is 1. The van der Waals surface area contributed by atoms with Crippen LogP contribution in [0.2, 0.25) is 0 Å². The van der Waals surface area contributed by atoms with Gasteiger partial charge in [-0.1, -0.05) is 0 Å². The molecule has 1 saturated heterocycles. The van der Waals surface area contributed by atoms with Crippen LogP contribution >= 0.6 is 35.7 Å². The summed E-state index contributed by atoms with van der Waals surface area (Å²) in [6, 6.07) is 0. The summed E-state index contributed by atoms with van der Waals surface area (Å²) in [4.78, 5) is 6.09. The average Bonchev–Trinajstić information content (AvgIpc) is 2.29. The van der Waals surface area contributed by atoms with Gasteiger partial charge < -0.3 is 15.4 Å². The summed E-state index contributed by atoms with van der Waals surface area (Å²) < 4.78 is 28.1. The summed E-state index contributed by atoms with van der Waals surface area (Å²) >= 11 is 1.89. The van der Waals surface area contributed by atoms with Crippen molar-refractivity contribution in [2.45, 2.75) is 6.43 Å². The molecule has 0 spiro atoms. The van der Waals surface area contributed by atoms with E-state index in [1.807, 2.05) is 16.7 Å². The second kappa shape index (κ2) is 10.1. The van der Waals surface area contributed by atoms with E-state index < -0.39 is 13.0 Å². The number of rotatable bonds is 5. The Kier molecular flexibility index (Phi) is 10.2. The van der Waals surface area contributed by atoms with Gasteiger partial charge in [0, 0.05) is 24.6 Å². The second-order valence-electron chi connectivity index (χ2n) is 3.31. The number of nitrogens with zero attached hydrogens (tertiary/aromatic N) is 2. The highest BCUT2D eigenvalue weighted by atomic mass is 127. The van der Waals surface area contributed by atoms with Crippen molar-refractivity contribution in [3.8, 4) is 0 Å². The first-order chi connectivity index (χ1) is 7.70. The molecule has 1 fully saturated rings. The molecule has 0 aliphatic carbocycles. The van der Waals surface area contributed by atoms with Crippen molar-refractivity contribution in [2.75, 3.05) is 44.4 Å². The van der Waals surface area contributed by atoms with E-state index in [0.29, 0.717) is 12.5 Å². The van der Waals surface area contributed by atoms with Gasteiger partial charge in [0.05, 0.1) is 13.2 Å². The van der Waals surface area contributed by atoms with Crippen LogP contribution in [-0.4, -0.2) is 61.6 Å². The van der Waals surface area contributed by atoms with Gasteiger partial charge in [-0.25, -0.2) is 8.78 Å². The highest BCUT2D eigenvalue weighted by molar-refractivity contribution is 14.0. The van der Waals surface area contributed by atoms with Crippen molar-refractivity contribution >= 4 is 41.7 Å². The summed E-state index contributed by atoms with van der Waals surface area (Å²) in [5, 5.41) is 0. The fraction of sp³-hybridized carbons (Fsp3) is 0.889. The van der Waals surface area contributed by atoms with Gasteiger partial charge in [0.2, 0.25) is 0 Å². The molecule has 8 heteroatoms. The molecule has 0 unspecified atom stereocenters. The van der Waals surface area contributed by atoms with Crippen molar-refractivity contribution in [3.63, 3.8) is 0 Å². The number of aliphatic imine (C=N–C) groups is 1. The molecule has 0 aromatic carbocycles. The molecule has 0 radical (unpaired) electrons. The van der Waals surface area contributed by atoms with Crippen LogP contribution in [0, 0.1) is 0 Å². The van der Waals surface area contributed by atoms with E-state index in [1.165, 1.54) is 0 Å². The lowest BCUT2D eigenvalue weighted by Crippen LogP contribution is -2.42. The third kappa shape index (κ3) is 7.98. The molecule has 1 rings (SSSR count). The fourth-order valence-electron chi connectivity index (χ4n) is 1.29. The van der Waals surface area contributed by atoms with Crippen LogP contribution in [-0.2, 0) is 4.74 Å². The normalized spacial score (nSPS) is 17.1. The van der Waals surface area contributed by atoms with Crippen molar-refractivity contribution in [2.24, 2.45) is 10.7 Å². The molecule has 4 nitrogen and oxygen atoms in total. The number of thioether (sulfide) groups is 1. The molecule has 0 saturated carbocycles. The SMILES string of the molecule is I.NC(=NCCOCC(F)F)N1CCSCC1. The minimum atomic E-state index is -2.42. The third-order valence-electron chi connectivity index (χ3n) is 2.09. The first-order valence-corrected chi connectivity index (χ1v) is 6.34. The average molecular weight is 381 g/mol. The van der Waals surface area contributed by atoms with Gasteiger partial charge in [0.1, 0.15) is 6.61 Å². The Bertz CT molecular complexity index is 228. The molecule has 17 heavy (non-hydrogen) atoms. The highest BCUT2D eigenvalue weighted by Gasteiger charge is 2.11. The maximum absolute atomic E-state index is 11.7. The Hall–Kier alpha value is 0.170.